The van der Waals surface area contributed by atoms with Gasteiger partial charge < -0.3 is 5.32 Å². The van der Waals surface area contributed by atoms with Crippen LogP contribution in [-0.4, -0.2) is 17.4 Å². The van der Waals surface area contributed by atoms with Crippen molar-refractivity contribution in [1.29, 1.82) is 0 Å². The molecule has 0 aliphatic carbocycles. The second-order valence-electron chi connectivity index (χ2n) is 5.46. The van der Waals surface area contributed by atoms with E-state index in [1.54, 1.807) is 11.8 Å². The fraction of sp³-hybridized carbons (Fsp3) is 0.316. The van der Waals surface area contributed by atoms with Gasteiger partial charge >= 0.3 is 0 Å². The molecule has 0 unspecified atom stereocenters. The molecule has 0 heterocycles. The summed E-state index contributed by atoms with van der Waals surface area (Å²) in [6.07, 6.45) is 1.09. The highest BCUT2D eigenvalue weighted by Gasteiger charge is 2.30. The molecule has 0 aromatic heterocycles. The third-order valence-corrected chi connectivity index (χ3v) is 4.84. The maximum Gasteiger partial charge on any atom is 0.230 e. The van der Waals surface area contributed by atoms with Crippen LogP contribution in [0.15, 0.2) is 60.7 Å². The number of benzene rings is 2. The first-order valence-corrected chi connectivity index (χ1v) is 8.82. The first-order valence-electron chi connectivity index (χ1n) is 7.66. The molecule has 0 aliphatic heterocycles. The molecule has 0 saturated heterocycles. The molecule has 3 heteroatoms. The number of thioether (sulfide) groups is 1. The van der Waals surface area contributed by atoms with Crippen molar-refractivity contribution in [2.45, 2.75) is 25.8 Å². The van der Waals surface area contributed by atoms with Crippen LogP contribution >= 0.6 is 11.8 Å². The van der Waals surface area contributed by atoms with E-state index in [0.29, 0.717) is 5.75 Å². The third kappa shape index (κ3) is 4.14. The molecule has 0 saturated carbocycles. The predicted octanol–water partition coefficient (Wildman–Crippen LogP) is 4.21. The van der Waals surface area contributed by atoms with Crippen LogP contribution in [0.1, 0.15) is 31.4 Å². The monoisotopic (exact) mass is 313 g/mol. The summed E-state index contributed by atoms with van der Waals surface area (Å²) >= 11 is 1.68. The summed E-state index contributed by atoms with van der Waals surface area (Å²) in [5.41, 5.74) is 1.68. The minimum atomic E-state index is -0.508. The smallest absolute Gasteiger partial charge is 0.230 e. The van der Waals surface area contributed by atoms with Crippen LogP contribution in [0.5, 0.6) is 0 Å². The molecule has 2 rings (SSSR count). The number of nitrogens with one attached hydrogen (secondary N) is 1. The molecular weight excluding hydrogens is 290 g/mol. The van der Waals surface area contributed by atoms with Gasteiger partial charge in [0.05, 0.1) is 11.3 Å². The quantitative estimate of drug-likeness (QED) is 0.776. The molecule has 22 heavy (non-hydrogen) atoms. The Bertz CT molecular complexity index is 543. The van der Waals surface area contributed by atoms with Crippen LogP contribution in [0.25, 0.3) is 0 Å². The molecule has 2 aromatic carbocycles. The molecule has 0 radical (unpaired) electrons. The lowest BCUT2D eigenvalue weighted by atomic mass is 9.84. The van der Waals surface area contributed by atoms with Gasteiger partial charge in [-0.3, -0.25) is 4.79 Å². The zero-order chi connectivity index (χ0) is 15.8. The van der Waals surface area contributed by atoms with E-state index in [0.717, 1.165) is 23.3 Å². The molecule has 1 N–H and O–H groups in total. The van der Waals surface area contributed by atoms with Gasteiger partial charge in [-0.15, -0.1) is 0 Å². The topological polar surface area (TPSA) is 29.1 Å². The third-order valence-electron chi connectivity index (χ3n) is 3.67. The van der Waals surface area contributed by atoms with E-state index in [2.05, 4.69) is 43.4 Å². The molecule has 116 valence electrons. The SMILES string of the molecule is CCCSCC(=O)NC(C)(c1ccccc1)c1ccccc1. The number of carbonyl (C=O) groups excluding carboxylic acids is 1. The van der Waals surface area contributed by atoms with Gasteiger partial charge in [-0.25, -0.2) is 0 Å². The summed E-state index contributed by atoms with van der Waals surface area (Å²) in [5, 5.41) is 3.23. The second kappa shape index (κ2) is 8.04. The van der Waals surface area contributed by atoms with Gasteiger partial charge in [0.25, 0.3) is 0 Å². The molecule has 0 aliphatic rings. The minimum Gasteiger partial charge on any atom is -0.342 e. The van der Waals surface area contributed by atoms with Crippen molar-refractivity contribution in [3.8, 4) is 0 Å². The zero-order valence-corrected chi connectivity index (χ0v) is 14.0. The highest BCUT2D eigenvalue weighted by atomic mass is 32.2. The zero-order valence-electron chi connectivity index (χ0n) is 13.2. The number of amides is 1. The fourth-order valence-electron chi connectivity index (χ4n) is 2.48. The van der Waals surface area contributed by atoms with E-state index in [1.165, 1.54) is 0 Å². The normalized spacial score (nSPS) is 11.2. The molecule has 0 bridgehead atoms. The Labute approximate surface area is 137 Å². The van der Waals surface area contributed by atoms with Gasteiger partial charge in [0.1, 0.15) is 0 Å². The van der Waals surface area contributed by atoms with E-state index in [4.69, 9.17) is 0 Å². The van der Waals surface area contributed by atoms with Crippen LogP contribution in [0.4, 0.5) is 0 Å². The Morgan fingerprint density at radius 3 is 1.95 bits per heavy atom. The standard InChI is InChI=1S/C19H23NOS/c1-3-14-22-15-18(21)20-19(2,16-10-6-4-7-11-16)17-12-8-5-9-13-17/h4-13H,3,14-15H2,1-2H3,(H,20,21). The van der Waals surface area contributed by atoms with Gasteiger partial charge in [-0.2, -0.15) is 11.8 Å². The molecule has 0 atom stereocenters. The lowest BCUT2D eigenvalue weighted by Gasteiger charge is -2.32. The van der Waals surface area contributed by atoms with Crippen LogP contribution < -0.4 is 5.32 Å². The van der Waals surface area contributed by atoms with Gasteiger partial charge in [0.2, 0.25) is 5.91 Å². The van der Waals surface area contributed by atoms with Gasteiger partial charge in [0, 0.05) is 0 Å². The Balaban J connectivity index is 2.25. The lowest BCUT2D eigenvalue weighted by Crippen LogP contribution is -2.45. The van der Waals surface area contributed by atoms with E-state index >= 15 is 0 Å². The van der Waals surface area contributed by atoms with E-state index in [-0.39, 0.29) is 5.91 Å². The minimum absolute atomic E-state index is 0.0775. The van der Waals surface area contributed by atoms with E-state index in [9.17, 15) is 4.79 Å². The van der Waals surface area contributed by atoms with Crippen molar-refractivity contribution in [3.05, 3.63) is 71.8 Å². The maximum atomic E-state index is 12.3. The second-order valence-corrected chi connectivity index (χ2v) is 6.56. The van der Waals surface area contributed by atoms with E-state index in [1.807, 2.05) is 36.4 Å². The Kier molecular flexibility index (Phi) is 6.08. The number of hydrogen-bond donors (Lipinski definition) is 1. The van der Waals surface area contributed by atoms with Crippen molar-refractivity contribution >= 4 is 17.7 Å². The number of hydrogen-bond acceptors (Lipinski definition) is 2. The summed E-state index contributed by atoms with van der Waals surface area (Å²) < 4.78 is 0. The van der Waals surface area contributed by atoms with Gasteiger partial charge in [-0.1, -0.05) is 67.6 Å². The Hall–Kier alpha value is -1.74. The highest BCUT2D eigenvalue weighted by Crippen LogP contribution is 2.29. The van der Waals surface area contributed by atoms with Crippen molar-refractivity contribution in [1.82, 2.24) is 5.32 Å². The highest BCUT2D eigenvalue weighted by molar-refractivity contribution is 7.99. The fourth-order valence-corrected chi connectivity index (χ4v) is 3.17. The number of rotatable bonds is 7. The molecule has 0 spiro atoms. The van der Waals surface area contributed by atoms with Crippen LogP contribution in [0.3, 0.4) is 0 Å². The van der Waals surface area contributed by atoms with Crippen LogP contribution in [0, 0.1) is 0 Å². The van der Waals surface area contributed by atoms with Gasteiger partial charge in [-0.05, 0) is 30.2 Å². The van der Waals surface area contributed by atoms with Crippen molar-refractivity contribution in [2.24, 2.45) is 0 Å². The molecule has 0 fully saturated rings. The Morgan fingerprint density at radius 1 is 1.00 bits per heavy atom. The van der Waals surface area contributed by atoms with Crippen molar-refractivity contribution < 1.29 is 4.79 Å². The first-order chi connectivity index (χ1) is 10.7. The first kappa shape index (κ1) is 16.6. The van der Waals surface area contributed by atoms with Crippen LogP contribution in [0.2, 0.25) is 0 Å². The van der Waals surface area contributed by atoms with Crippen molar-refractivity contribution in [2.75, 3.05) is 11.5 Å². The van der Waals surface area contributed by atoms with Crippen molar-refractivity contribution in [3.63, 3.8) is 0 Å². The predicted molar refractivity (Wildman–Crippen MR) is 95.1 cm³/mol. The molecule has 1 amide bonds. The lowest BCUT2D eigenvalue weighted by molar-refractivity contribution is -0.120. The summed E-state index contributed by atoms with van der Waals surface area (Å²) in [5.74, 6) is 1.60. The Morgan fingerprint density at radius 2 is 1.50 bits per heavy atom. The summed E-state index contributed by atoms with van der Waals surface area (Å²) in [7, 11) is 0. The average Bonchev–Trinajstić information content (AvgIpc) is 2.56. The van der Waals surface area contributed by atoms with E-state index < -0.39 is 5.54 Å². The summed E-state index contributed by atoms with van der Waals surface area (Å²) in [6.45, 7) is 4.20. The summed E-state index contributed by atoms with van der Waals surface area (Å²) in [6, 6.07) is 20.3. The number of carbonyl (C=O) groups is 1. The molecular formula is C19H23NOS. The average molecular weight is 313 g/mol. The van der Waals surface area contributed by atoms with Gasteiger partial charge in [0.15, 0.2) is 0 Å². The van der Waals surface area contributed by atoms with Crippen LogP contribution in [-0.2, 0) is 10.3 Å². The molecule has 2 aromatic rings. The largest absolute Gasteiger partial charge is 0.342 e. The maximum absolute atomic E-state index is 12.3. The summed E-state index contributed by atoms with van der Waals surface area (Å²) in [4.78, 5) is 12.3. The molecule has 2 nitrogen and oxygen atoms in total.